The SMILES string of the molecule is O=S(=O)(c1ccccc1C(F)(F)F)N1C[C@@H]2[C@H](C1)[C@@H]1CC[C@H]2N1. The number of sulfonamides is 1. The highest BCUT2D eigenvalue weighted by atomic mass is 32.2. The Morgan fingerprint density at radius 2 is 1.61 bits per heavy atom. The monoisotopic (exact) mass is 346 g/mol. The van der Waals surface area contributed by atoms with Crippen LogP contribution in [0.4, 0.5) is 13.2 Å². The van der Waals surface area contributed by atoms with Crippen LogP contribution in [0.2, 0.25) is 0 Å². The third-order valence-electron chi connectivity index (χ3n) is 5.44. The summed E-state index contributed by atoms with van der Waals surface area (Å²) >= 11 is 0. The fourth-order valence-electron chi connectivity index (χ4n) is 4.40. The second-order valence-corrected chi connectivity index (χ2v) is 8.51. The van der Waals surface area contributed by atoms with Gasteiger partial charge < -0.3 is 5.32 Å². The molecule has 2 bridgehead atoms. The third-order valence-corrected chi connectivity index (χ3v) is 7.33. The zero-order chi connectivity index (χ0) is 16.4. The number of hydrogen-bond donors (Lipinski definition) is 1. The minimum atomic E-state index is -4.68. The van der Waals surface area contributed by atoms with Crippen molar-refractivity contribution in [2.45, 2.75) is 36.0 Å². The Morgan fingerprint density at radius 1 is 1.04 bits per heavy atom. The van der Waals surface area contributed by atoms with E-state index in [1.54, 1.807) is 0 Å². The first-order valence-electron chi connectivity index (χ1n) is 7.71. The van der Waals surface area contributed by atoms with E-state index >= 15 is 0 Å². The molecule has 0 amide bonds. The number of alkyl halides is 3. The van der Waals surface area contributed by atoms with E-state index in [9.17, 15) is 21.6 Å². The lowest BCUT2D eigenvalue weighted by molar-refractivity contribution is -0.139. The third kappa shape index (κ3) is 2.30. The summed E-state index contributed by atoms with van der Waals surface area (Å²) < 4.78 is 66.2. The van der Waals surface area contributed by atoms with Crippen molar-refractivity contribution < 1.29 is 21.6 Å². The van der Waals surface area contributed by atoms with Crippen LogP contribution in [0.5, 0.6) is 0 Å². The van der Waals surface area contributed by atoms with Crippen molar-refractivity contribution >= 4 is 10.0 Å². The fourth-order valence-corrected chi connectivity index (χ4v) is 6.13. The highest BCUT2D eigenvalue weighted by Gasteiger charge is 2.54. The summed E-state index contributed by atoms with van der Waals surface area (Å²) in [5.74, 6) is 0.447. The summed E-state index contributed by atoms with van der Waals surface area (Å²) in [6, 6.07) is 5.05. The van der Waals surface area contributed by atoms with Gasteiger partial charge in [0.05, 0.1) is 10.5 Å². The van der Waals surface area contributed by atoms with E-state index < -0.39 is 26.7 Å². The maximum Gasteiger partial charge on any atom is 0.417 e. The molecule has 4 rings (SSSR count). The number of rotatable bonds is 2. The Labute approximate surface area is 132 Å². The van der Waals surface area contributed by atoms with E-state index in [-0.39, 0.29) is 11.8 Å². The van der Waals surface area contributed by atoms with Gasteiger partial charge in [0.15, 0.2) is 0 Å². The molecule has 8 heteroatoms. The van der Waals surface area contributed by atoms with Gasteiger partial charge in [0, 0.05) is 25.2 Å². The summed E-state index contributed by atoms with van der Waals surface area (Å²) in [6.07, 6.45) is -2.63. The highest BCUT2D eigenvalue weighted by molar-refractivity contribution is 7.89. The van der Waals surface area contributed by atoms with E-state index in [4.69, 9.17) is 0 Å². The predicted molar refractivity (Wildman–Crippen MR) is 77.1 cm³/mol. The summed E-state index contributed by atoms with van der Waals surface area (Å²) in [5, 5.41) is 3.48. The maximum absolute atomic E-state index is 13.1. The van der Waals surface area contributed by atoms with Gasteiger partial charge in [-0.3, -0.25) is 0 Å². The first-order chi connectivity index (χ1) is 10.8. The first-order valence-corrected chi connectivity index (χ1v) is 9.15. The van der Waals surface area contributed by atoms with Gasteiger partial charge in [-0.15, -0.1) is 0 Å². The van der Waals surface area contributed by atoms with Gasteiger partial charge >= 0.3 is 6.18 Å². The summed E-state index contributed by atoms with van der Waals surface area (Å²) in [5.41, 5.74) is -1.09. The molecule has 3 heterocycles. The van der Waals surface area contributed by atoms with Crippen LogP contribution in [0.1, 0.15) is 18.4 Å². The van der Waals surface area contributed by atoms with E-state index in [1.807, 2.05) is 0 Å². The highest BCUT2D eigenvalue weighted by Crippen LogP contribution is 2.45. The molecule has 23 heavy (non-hydrogen) atoms. The quantitative estimate of drug-likeness (QED) is 0.892. The summed E-state index contributed by atoms with van der Waals surface area (Å²) in [4.78, 5) is -0.632. The smallest absolute Gasteiger partial charge is 0.311 e. The lowest BCUT2D eigenvalue weighted by Crippen LogP contribution is -2.35. The van der Waals surface area contributed by atoms with Gasteiger partial charge in [0.1, 0.15) is 0 Å². The van der Waals surface area contributed by atoms with Crippen LogP contribution in [0.15, 0.2) is 29.2 Å². The Kier molecular flexibility index (Phi) is 3.31. The van der Waals surface area contributed by atoms with Gasteiger partial charge in [0.2, 0.25) is 10.0 Å². The topological polar surface area (TPSA) is 49.4 Å². The lowest BCUT2D eigenvalue weighted by Gasteiger charge is -2.21. The van der Waals surface area contributed by atoms with Crippen molar-refractivity contribution in [1.82, 2.24) is 9.62 Å². The van der Waals surface area contributed by atoms with E-state index in [0.717, 1.165) is 25.0 Å². The predicted octanol–water partition coefficient (Wildman–Crippen LogP) is 2.08. The van der Waals surface area contributed by atoms with Crippen LogP contribution in [-0.2, 0) is 16.2 Å². The maximum atomic E-state index is 13.1. The second kappa shape index (κ2) is 4.94. The lowest BCUT2D eigenvalue weighted by atomic mass is 9.82. The molecule has 0 saturated carbocycles. The van der Waals surface area contributed by atoms with Crippen LogP contribution in [0.25, 0.3) is 0 Å². The molecule has 1 aromatic rings. The zero-order valence-corrected chi connectivity index (χ0v) is 13.1. The van der Waals surface area contributed by atoms with Crippen molar-refractivity contribution in [3.8, 4) is 0 Å². The molecule has 0 spiro atoms. The number of fused-ring (bicyclic) bond motifs is 5. The van der Waals surface area contributed by atoms with Crippen LogP contribution < -0.4 is 5.32 Å². The van der Waals surface area contributed by atoms with Gasteiger partial charge in [-0.1, -0.05) is 12.1 Å². The van der Waals surface area contributed by atoms with Gasteiger partial charge in [-0.2, -0.15) is 17.5 Å². The van der Waals surface area contributed by atoms with E-state index in [1.165, 1.54) is 16.4 Å². The van der Waals surface area contributed by atoms with Crippen molar-refractivity contribution in [3.63, 3.8) is 0 Å². The standard InChI is InChI=1S/C15H17F3N2O2S/c16-15(17,18)11-3-1-2-4-14(11)23(21,22)20-7-9-10(8-20)13-6-5-12(9)19-13/h1-4,9-10,12-13,19H,5-8H2/t9-,10+,12-,13+. The largest absolute Gasteiger partial charge is 0.417 e. The van der Waals surface area contributed by atoms with E-state index in [2.05, 4.69) is 5.32 Å². The molecule has 3 aliphatic rings. The van der Waals surface area contributed by atoms with Crippen LogP contribution in [-0.4, -0.2) is 37.9 Å². The van der Waals surface area contributed by atoms with Crippen LogP contribution in [0.3, 0.4) is 0 Å². The molecule has 1 aromatic carbocycles. The Morgan fingerprint density at radius 3 is 2.17 bits per heavy atom. The first kappa shape index (κ1) is 15.4. The molecule has 0 aliphatic carbocycles. The Balaban J connectivity index is 1.68. The van der Waals surface area contributed by atoms with Gasteiger partial charge in [0.25, 0.3) is 0 Å². The summed E-state index contributed by atoms with van der Waals surface area (Å²) in [6.45, 7) is 0.626. The number of nitrogens with one attached hydrogen (secondary N) is 1. The molecule has 0 aromatic heterocycles. The average Bonchev–Trinajstić information content (AvgIpc) is 3.19. The minimum absolute atomic E-state index is 0.224. The van der Waals surface area contributed by atoms with Crippen molar-refractivity contribution in [2.24, 2.45) is 11.8 Å². The molecule has 3 fully saturated rings. The molecule has 126 valence electrons. The molecular weight excluding hydrogens is 329 g/mol. The normalized spacial score (nSPS) is 34.0. The number of benzene rings is 1. The zero-order valence-electron chi connectivity index (χ0n) is 12.3. The van der Waals surface area contributed by atoms with Crippen molar-refractivity contribution in [2.75, 3.05) is 13.1 Å². The van der Waals surface area contributed by atoms with Crippen molar-refractivity contribution in [1.29, 1.82) is 0 Å². The Bertz CT molecular complexity index is 716. The van der Waals surface area contributed by atoms with Crippen LogP contribution >= 0.6 is 0 Å². The van der Waals surface area contributed by atoms with Crippen LogP contribution in [0, 0.1) is 11.8 Å². The molecule has 3 aliphatic heterocycles. The van der Waals surface area contributed by atoms with Gasteiger partial charge in [-0.25, -0.2) is 8.42 Å². The molecule has 4 atom stereocenters. The molecule has 0 radical (unpaired) electrons. The number of nitrogens with zero attached hydrogens (tertiary/aromatic N) is 1. The average molecular weight is 346 g/mol. The van der Waals surface area contributed by atoms with Crippen molar-refractivity contribution in [3.05, 3.63) is 29.8 Å². The molecule has 4 nitrogen and oxygen atoms in total. The number of halogens is 3. The second-order valence-electron chi connectivity index (χ2n) is 6.60. The molecule has 3 saturated heterocycles. The van der Waals surface area contributed by atoms with Gasteiger partial charge in [-0.05, 0) is 36.8 Å². The summed E-state index contributed by atoms with van der Waals surface area (Å²) in [7, 11) is -4.13. The molecule has 0 unspecified atom stereocenters. The molecule has 1 N–H and O–H groups in total. The fraction of sp³-hybridized carbons (Fsp3) is 0.600. The molecular formula is C15H17F3N2O2S. The number of hydrogen-bond acceptors (Lipinski definition) is 3. The Hall–Kier alpha value is -1.12. The minimum Gasteiger partial charge on any atom is -0.311 e. The van der Waals surface area contributed by atoms with E-state index in [0.29, 0.717) is 25.2 Å².